The van der Waals surface area contributed by atoms with Gasteiger partial charge in [0.1, 0.15) is 0 Å². The number of primary amides is 1. The maximum absolute atomic E-state index is 11.8. The molecule has 0 spiro atoms. The Morgan fingerprint density at radius 3 is 2.83 bits per heavy atom. The van der Waals surface area contributed by atoms with Gasteiger partial charge in [-0.2, -0.15) is 0 Å². The lowest BCUT2D eigenvalue weighted by atomic mass is 9.88. The van der Waals surface area contributed by atoms with Crippen molar-refractivity contribution in [3.8, 4) is 0 Å². The number of carbonyl (C=O) groups excluding carboxylic acids is 1. The molecule has 0 saturated heterocycles. The van der Waals surface area contributed by atoms with Crippen molar-refractivity contribution in [1.29, 1.82) is 0 Å². The predicted octanol–water partition coefficient (Wildman–Crippen LogP) is 2.51. The van der Waals surface area contributed by atoms with Gasteiger partial charge in [0.25, 0.3) is 0 Å². The molecule has 1 aliphatic carbocycles. The lowest BCUT2D eigenvalue weighted by Gasteiger charge is -2.33. The van der Waals surface area contributed by atoms with E-state index in [-0.39, 0.29) is 17.9 Å². The molecule has 2 aliphatic rings. The lowest BCUT2D eigenvalue weighted by Crippen LogP contribution is -2.46. The Labute approximate surface area is 147 Å². The summed E-state index contributed by atoms with van der Waals surface area (Å²) in [5, 5.41) is 4.27. The first kappa shape index (κ1) is 16.7. The maximum Gasteiger partial charge on any atom is 0.223 e. The Morgan fingerprint density at radius 1 is 1.48 bits per heavy atom. The first-order valence-electron chi connectivity index (χ1n) is 7.98. The van der Waals surface area contributed by atoms with E-state index in [1.54, 1.807) is 0 Å². The van der Waals surface area contributed by atoms with E-state index in [1.165, 1.54) is 17.7 Å². The lowest BCUT2D eigenvalue weighted by molar-refractivity contribution is -0.122. The zero-order valence-corrected chi connectivity index (χ0v) is 15.2. The second-order valence-corrected chi connectivity index (χ2v) is 8.54. The van der Waals surface area contributed by atoms with Crippen LogP contribution in [-0.4, -0.2) is 47.6 Å². The van der Waals surface area contributed by atoms with Crippen LogP contribution in [0.25, 0.3) is 0 Å². The molecule has 0 bridgehead atoms. The van der Waals surface area contributed by atoms with Crippen molar-refractivity contribution in [2.45, 2.75) is 35.4 Å². The Hall–Kier alpha value is -1.11. The Kier molecular flexibility index (Phi) is 4.94. The van der Waals surface area contributed by atoms with Gasteiger partial charge in [0, 0.05) is 45.3 Å². The van der Waals surface area contributed by atoms with Gasteiger partial charge in [-0.3, -0.25) is 4.79 Å². The highest BCUT2D eigenvalue weighted by atomic mass is 32.2. The van der Waals surface area contributed by atoms with Gasteiger partial charge in [-0.05, 0) is 45.1 Å². The van der Waals surface area contributed by atoms with Gasteiger partial charge in [-0.15, -0.1) is 11.8 Å². The van der Waals surface area contributed by atoms with E-state index in [9.17, 15) is 4.79 Å². The predicted molar refractivity (Wildman–Crippen MR) is 100 cm³/mol. The van der Waals surface area contributed by atoms with Gasteiger partial charge < -0.3 is 16.0 Å². The molecule has 0 aromatic heterocycles. The first-order chi connectivity index (χ1) is 10.9. The molecular formula is C17H23N3OS2. The largest absolute Gasteiger partial charge is 0.381 e. The molecular weight excluding hydrogens is 326 g/mol. The quantitative estimate of drug-likeness (QED) is 0.773. The highest BCUT2D eigenvalue weighted by molar-refractivity contribution is 8.00. The van der Waals surface area contributed by atoms with Gasteiger partial charge in [-0.25, -0.2) is 0 Å². The number of thiocarbonyl (C=S) groups is 1. The maximum atomic E-state index is 11.8. The summed E-state index contributed by atoms with van der Waals surface area (Å²) in [6.07, 6.45) is 3.32. The van der Waals surface area contributed by atoms with E-state index in [1.807, 2.05) is 30.8 Å². The molecule has 1 saturated carbocycles. The standard InChI is InChI=1S/C17H23N3OS2/c1-20(2)9-13(17(18)21)15-8-16(22)12-7-11(23-10-3-4-10)5-6-14(12)19-15/h5-7,10,13,15,19H,3-4,8-9H2,1-2H3,(H2,18,21). The molecule has 1 aromatic rings. The Morgan fingerprint density at radius 2 is 2.22 bits per heavy atom. The fourth-order valence-corrected chi connectivity index (χ4v) is 4.38. The number of amides is 1. The van der Waals surface area contributed by atoms with Crippen molar-refractivity contribution in [3.05, 3.63) is 23.8 Å². The van der Waals surface area contributed by atoms with E-state index in [0.717, 1.165) is 21.4 Å². The summed E-state index contributed by atoms with van der Waals surface area (Å²) in [5.74, 6) is -0.528. The molecule has 2 atom stereocenters. The SMILES string of the molecule is CN(C)CC(C(N)=O)C1CC(=S)c2cc(SC3CC3)ccc2N1. The number of nitrogens with two attached hydrogens (primary N) is 1. The van der Waals surface area contributed by atoms with E-state index in [4.69, 9.17) is 18.0 Å². The number of hydrogen-bond acceptors (Lipinski definition) is 5. The number of hydrogen-bond donors (Lipinski definition) is 2. The molecule has 1 amide bonds. The van der Waals surface area contributed by atoms with E-state index < -0.39 is 0 Å². The molecule has 3 N–H and O–H groups in total. The molecule has 3 rings (SSSR count). The van der Waals surface area contributed by atoms with Crippen LogP contribution in [0.15, 0.2) is 23.1 Å². The number of nitrogens with one attached hydrogen (secondary N) is 1. The number of anilines is 1. The molecule has 2 unspecified atom stereocenters. The minimum atomic E-state index is -0.275. The molecule has 124 valence electrons. The minimum absolute atomic E-state index is 0.0307. The third-order valence-corrected chi connectivity index (χ3v) is 6.00. The summed E-state index contributed by atoms with van der Waals surface area (Å²) >= 11 is 7.57. The zero-order chi connectivity index (χ0) is 16.6. The van der Waals surface area contributed by atoms with E-state index >= 15 is 0 Å². The van der Waals surface area contributed by atoms with E-state index in [0.29, 0.717) is 13.0 Å². The van der Waals surface area contributed by atoms with Crippen molar-refractivity contribution in [2.24, 2.45) is 11.7 Å². The number of rotatable bonds is 6. The molecule has 0 radical (unpaired) electrons. The fraction of sp³-hybridized carbons (Fsp3) is 0.529. The van der Waals surface area contributed by atoms with Gasteiger partial charge in [0.05, 0.1) is 5.92 Å². The average Bonchev–Trinajstić information content (AvgIpc) is 3.28. The summed E-state index contributed by atoms with van der Waals surface area (Å²) in [4.78, 5) is 16.0. The van der Waals surface area contributed by atoms with Crippen molar-refractivity contribution < 1.29 is 4.79 Å². The number of carbonyl (C=O) groups is 1. The fourth-order valence-electron chi connectivity index (χ4n) is 2.94. The molecule has 6 heteroatoms. The van der Waals surface area contributed by atoms with Crippen molar-refractivity contribution in [1.82, 2.24) is 4.90 Å². The summed E-state index contributed by atoms with van der Waals surface area (Å²) in [6.45, 7) is 0.626. The van der Waals surface area contributed by atoms with Crippen LogP contribution in [0.2, 0.25) is 0 Å². The van der Waals surface area contributed by atoms with Crippen LogP contribution >= 0.6 is 24.0 Å². The number of thioether (sulfide) groups is 1. The van der Waals surface area contributed by atoms with Crippen molar-refractivity contribution in [3.63, 3.8) is 0 Å². The molecule has 23 heavy (non-hydrogen) atoms. The second kappa shape index (κ2) is 6.79. The first-order valence-corrected chi connectivity index (χ1v) is 9.27. The Bertz CT molecular complexity index is 628. The van der Waals surface area contributed by atoms with E-state index in [2.05, 4.69) is 23.5 Å². The molecule has 1 aliphatic heterocycles. The summed E-state index contributed by atoms with van der Waals surface area (Å²) in [6, 6.07) is 6.39. The van der Waals surface area contributed by atoms with Gasteiger partial charge in [0.15, 0.2) is 0 Å². The summed E-state index contributed by atoms with van der Waals surface area (Å²) in [5.41, 5.74) is 7.75. The Balaban J connectivity index is 1.79. The average molecular weight is 350 g/mol. The monoisotopic (exact) mass is 349 g/mol. The third kappa shape index (κ3) is 4.05. The smallest absolute Gasteiger partial charge is 0.223 e. The van der Waals surface area contributed by atoms with Crippen LogP contribution in [0.3, 0.4) is 0 Å². The van der Waals surface area contributed by atoms with Crippen LogP contribution < -0.4 is 11.1 Å². The second-order valence-electron chi connectivity index (χ2n) is 6.67. The van der Waals surface area contributed by atoms with Crippen molar-refractivity contribution in [2.75, 3.05) is 26.0 Å². The summed E-state index contributed by atoms with van der Waals surface area (Å²) in [7, 11) is 3.90. The minimum Gasteiger partial charge on any atom is -0.381 e. The third-order valence-electron chi connectivity index (χ3n) is 4.28. The molecule has 4 nitrogen and oxygen atoms in total. The van der Waals surface area contributed by atoms with Crippen LogP contribution in [0.1, 0.15) is 24.8 Å². The topological polar surface area (TPSA) is 58.4 Å². The normalized spacial score (nSPS) is 21.7. The number of nitrogens with zero attached hydrogens (tertiary/aromatic N) is 1. The van der Waals surface area contributed by atoms with Crippen LogP contribution in [0, 0.1) is 5.92 Å². The highest BCUT2D eigenvalue weighted by Gasteiger charge is 2.32. The number of fused-ring (bicyclic) bond motifs is 1. The van der Waals surface area contributed by atoms with Crippen LogP contribution in [-0.2, 0) is 4.79 Å². The van der Waals surface area contributed by atoms with Crippen LogP contribution in [0.5, 0.6) is 0 Å². The van der Waals surface area contributed by atoms with Gasteiger partial charge in [-0.1, -0.05) is 12.2 Å². The highest BCUT2D eigenvalue weighted by Crippen LogP contribution is 2.41. The number of benzene rings is 1. The zero-order valence-electron chi connectivity index (χ0n) is 13.5. The van der Waals surface area contributed by atoms with Crippen LogP contribution in [0.4, 0.5) is 5.69 Å². The molecule has 1 aromatic carbocycles. The van der Waals surface area contributed by atoms with Crippen molar-refractivity contribution >= 4 is 40.4 Å². The summed E-state index contributed by atoms with van der Waals surface area (Å²) < 4.78 is 0. The molecule has 1 fully saturated rings. The molecule has 1 heterocycles. The van der Waals surface area contributed by atoms with Gasteiger partial charge in [0.2, 0.25) is 5.91 Å². The van der Waals surface area contributed by atoms with Gasteiger partial charge >= 0.3 is 0 Å².